The molecule has 4 nitrogen and oxygen atoms in total. The normalized spacial score (nSPS) is 19.7. The van der Waals surface area contributed by atoms with Crippen LogP contribution >= 0.6 is 11.6 Å². The lowest BCUT2D eigenvalue weighted by Crippen LogP contribution is -2.36. The van der Waals surface area contributed by atoms with Crippen molar-refractivity contribution in [1.29, 1.82) is 0 Å². The van der Waals surface area contributed by atoms with E-state index in [0.29, 0.717) is 16.3 Å². The molecule has 0 spiro atoms. The third-order valence-corrected chi connectivity index (χ3v) is 3.97. The molecule has 3 rings (SSSR count). The molecule has 1 aliphatic rings. The van der Waals surface area contributed by atoms with Crippen molar-refractivity contribution < 1.29 is 14.7 Å². The smallest absolute Gasteiger partial charge is 0.261 e. The van der Waals surface area contributed by atoms with Crippen LogP contribution in [0.2, 0.25) is 5.02 Å². The largest absolute Gasteiger partial charge is 0.375 e. The Morgan fingerprint density at radius 1 is 1.22 bits per heavy atom. The van der Waals surface area contributed by atoms with E-state index in [9.17, 15) is 14.7 Å². The summed E-state index contributed by atoms with van der Waals surface area (Å²) in [5.41, 5.74) is -0.0953. The number of benzene rings is 2. The van der Waals surface area contributed by atoms with Crippen molar-refractivity contribution in [2.24, 2.45) is 0 Å². The molecule has 0 fully saturated rings. The number of nitrogens with one attached hydrogen (secondary N) is 1. The predicted octanol–water partition coefficient (Wildman–Crippen LogP) is 3.15. The third kappa shape index (κ3) is 3.04. The molecule has 5 heteroatoms. The van der Waals surface area contributed by atoms with Gasteiger partial charge >= 0.3 is 0 Å². The van der Waals surface area contributed by atoms with Crippen molar-refractivity contribution in [3.63, 3.8) is 0 Å². The molecule has 116 valence electrons. The van der Waals surface area contributed by atoms with Crippen molar-refractivity contribution in [2.75, 3.05) is 5.32 Å². The Labute approximate surface area is 138 Å². The second kappa shape index (κ2) is 5.99. The molecule has 0 aliphatic carbocycles. The molecule has 2 aromatic rings. The van der Waals surface area contributed by atoms with Crippen LogP contribution in [0.4, 0.5) is 5.69 Å². The van der Waals surface area contributed by atoms with Crippen LogP contribution in [-0.2, 0) is 15.2 Å². The van der Waals surface area contributed by atoms with Gasteiger partial charge in [-0.25, -0.2) is 0 Å². The summed E-state index contributed by atoms with van der Waals surface area (Å²) >= 11 is 5.88. The summed E-state index contributed by atoms with van der Waals surface area (Å²) in [6.45, 7) is 0. The molecule has 1 heterocycles. The van der Waals surface area contributed by atoms with Crippen LogP contribution < -0.4 is 5.32 Å². The first-order valence-corrected chi connectivity index (χ1v) is 7.47. The highest BCUT2D eigenvalue weighted by molar-refractivity contribution is 6.30. The number of amides is 1. The number of fused-ring (bicyclic) bond motifs is 1. The minimum Gasteiger partial charge on any atom is -0.375 e. The average molecular weight is 328 g/mol. The lowest BCUT2D eigenvalue weighted by atomic mass is 9.90. The topological polar surface area (TPSA) is 66.4 Å². The Morgan fingerprint density at radius 2 is 2.00 bits per heavy atom. The standard InChI is InChI=1S/C18H14ClNO3/c19-13-5-3-4-12(10-13)8-9-14(21)11-18(23)15-6-1-2-7-16(15)20-17(18)22/h1-10,23H,11H2,(H,20,22)/b9-8+. The molecule has 1 aliphatic heterocycles. The molecular formula is C18H14ClNO3. The number of hydrogen-bond acceptors (Lipinski definition) is 3. The van der Waals surface area contributed by atoms with Gasteiger partial charge < -0.3 is 10.4 Å². The van der Waals surface area contributed by atoms with Gasteiger partial charge in [0.15, 0.2) is 11.4 Å². The summed E-state index contributed by atoms with van der Waals surface area (Å²) in [5.74, 6) is -0.928. The molecule has 1 unspecified atom stereocenters. The summed E-state index contributed by atoms with van der Waals surface area (Å²) in [4.78, 5) is 24.2. The fourth-order valence-electron chi connectivity index (χ4n) is 2.59. The molecule has 0 aromatic heterocycles. The van der Waals surface area contributed by atoms with Crippen molar-refractivity contribution in [3.8, 4) is 0 Å². The monoisotopic (exact) mass is 327 g/mol. The van der Waals surface area contributed by atoms with E-state index in [1.807, 2.05) is 6.07 Å². The summed E-state index contributed by atoms with van der Waals surface area (Å²) < 4.78 is 0. The van der Waals surface area contributed by atoms with Gasteiger partial charge in [-0.1, -0.05) is 48.0 Å². The maximum Gasteiger partial charge on any atom is 0.261 e. The predicted molar refractivity (Wildman–Crippen MR) is 89.1 cm³/mol. The molecule has 1 atom stereocenters. The van der Waals surface area contributed by atoms with E-state index in [4.69, 9.17) is 11.6 Å². The van der Waals surface area contributed by atoms with Crippen molar-refractivity contribution in [2.45, 2.75) is 12.0 Å². The van der Waals surface area contributed by atoms with Crippen molar-refractivity contribution >= 4 is 35.1 Å². The molecular weight excluding hydrogens is 314 g/mol. The van der Waals surface area contributed by atoms with Crippen molar-refractivity contribution in [1.82, 2.24) is 0 Å². The molecule has 1 amide bonds. The fourth-order valence-corrected chi connectivity index (χ4v) is 2.79. The Morgan fingerprint density at radius 3 is 2.78 bits per heavy atom. The number of carbonyl (C=O) groups is 2. The Bertz CT molecular complexity index is 815. The number of aliphatic hydroxyl groups is 1. The Kier molecular flexibility index (Phi) is 4.03. The first-order valence-electron chi connectivity index (χ1n) is 7.09. The molecule has 23 heavy (non-hydrogen) atoms. The quantitative estimate of drug-likeness (QED) is 0.848. The third-order valence-electron chi connectivity index (χ3n) is 3.74. The maximum absolute atomic E-state index is 12.2. The van der Waals surface area contributed by atoms with Gasteiger partial charge in [0.1, 0.15) is 0 Å². The van der Waals surface area contributed by atoms with Crippen LogP contribution in [0.25, 0.3) is 6.08 Å². The number of carbonyl (C=O) groups excluding carboxylic acids is 2. The SMILES string of the molecule is O=C(/C=C/c1cccc(Cl)c1)CC1(O)C(=O)Nc2ccccc21. The number of rotatable bonds is 4. The lowest BCUT2D eigenvalue weighted by molar-refractivity contribution is -0.138. The van der Waals surface area contributed by atoms with E-state index in [1.165, 1.54) is 6.08 Å². The highest BCUT2D eigenvalue weighted by Gasteiger charge is 2.46. The first kappa shape index (κ1) is 15.5. The van der Waals surface area contributed by atoms with E-state index in [1.54, 1.807) is 48.5 Å². The van der Waals surface area contributed by atoms with Gasteiger partial charge in [0.2, 0.25) is 0 Å². The molecule has 0 saturated carbocycles. The van der Waals surface area contributed by atoms with E-state index >= 15 is 0 Å². The Balaban J connectivity index is 1.79. The van der Waals surface area contributed by atoms with Crippen LogP contribution in [0.15, 0.2) is 54.6 Å². The highest BCUT2D eigenvalue weighted by atomic mass is 35.5. The maximum atomic E-state index is 12.2. The minimum atomic E-state index is -1.83. The average Bonchev–Trinajstić information content (AvgIpc) is 2.77. The summed E-state index contributed by atoms with van der Waals surface area (Å²) in [5, 5.41) is 13.8. The second-order valence-electron chi connectivity index (χ2n) is 5.39. The van der Waals surface area contributed by atoms with Gasteiger partial charge in [0.25, 0.3) is 5.91 Å². The van der Waals surface area contributed by atoms with Crippen LogP contribution in [0.5, 0.6) is 0 Å². The fraction of sp³-hybridized carbons (Fsp3) is 0.111. The van der Waals surface area contributed by atoms with Gasteiger partial charge in [0, 0.05) is 16.3 Å². The van der Waals surface area contributed by atoms with E-state index in [2.05, 4.69) is 5.32 Å². The zero-order valence-electron chi connectivity index (χ0n) is 12.1. The number of allylic oxidation sites excluding steroid dienone is 1. The van der Waals surface area contributed by atoms with Crippen molar-refractivity contribution in [3.05, 3.63) is 70.8 Å². The lowest BCUT2D eigenvalue weighted by Gasteiger charge is -2.18. The first-order chi connectivity index (χ1) is 11.0. The minimum absolute atomic E-state index is 0.313. The Hall–Kier alpha value is -2.43. The van der Waals surface area contributed by atoms with Gasteiger partial charge in [-0.05, 0) is 29.8 Å². The number of anilines is 1. The molecule has 0 bridgehead atoms. The van der Waals surface area contributed by atoms with Crippen LogP contribution in [0.1, 0.15) is 17.5 Å². The number of hydrogen-bond donors (Lipinski definition) is 2. The van der Waals surface area contributed by atoms with Gasteiger partial charge in [-0.3, -0.25) is 9.59 Å². The van der Waals surface area contributed by atoms with Gasteiger partial charge in [0.05, 0.1) is 6.42 Å². The van der Waals surface area contributed by atoms with E-state index < -0.39 is 11.5 Å². The van der Waals surface area contributed by atoms with Gasteiger partial charge in [-0.15, -0.1) is 0 Å². The summed E-state index contributed by atoms with van der Waals surface area (Å²) in [6.07, 6.45) is 2.64. The number of para-hydroxylation sites is 1. The molecule has 0 radical (unpaired) electrons. The summed E-state index contributed by atoms with van der Waals surface area (Å²) in [7, 11) is 0. The highest BCUT2D eigenvalue weighted by Crippen LogP contribution is 2.38. The van der Waals surface area contributed by atoms with Crippen LogP contribution in [0, 0.1) is 0 Å². The second-order valence-corrected chi connectivity index (χ2v) is 5.83. The number of ketones is 1. The number of halogens is 1. The van der Waals surface area contributed by atoms with Crippen LogP contribution in [0.3, 0.4) is 0 Å². The molecule has 2 aromatic carbocycles. The van der Waals surface area contributed by atoms with E-state index in [0.717, 1.165) is 5.56 Å². The van der Waals surface area contributed by atoms with Crippen LogP contribution in [-0.4, -0.2) is 16.8 Å². The molecule has 0 saturated heterocycles. The van der Waals surface area contributed by atoms with E-state index in [-0.39, 0.29) is 12.2 Å². The zero-order valence-corrected chi connectivity index (χ0v) is 12.9. The van der Waals surface area contributed by atoms with Gasteiger partial charge in [-0.2, -0.15) is 0 Å². The molecule has 2 N–H and O–H groups in total. The summed E-state index contributed by atoms with van der Waals surface area (Å²) in [6, 6.07) is 13.9. The zero-order chi connectivity index (χ0) is 16.4.